The zero-order valence-corrected chi connectivity index (χ0v) is 14.7. The summed E-state index contributed by atoms with van der Waals surface area (Å²) in [5.74, 6) is -2.50. The van der Waals surface area contributed by atoms with Crippen molar-refractivity contribution in [3.8, 4) is 0 Å². The lowest BCUT2D eigenvalue weighted by Gasteiger charge is -2.27. The third kappa shape index (κ3) is 4.31. The van der Waals surface area contributed by atoms with E-state index in [0.29, 0.717) is 5.56 Å². The highest BCUT2D eigenvalue weighted by molar-refractivity contribution is 6.01. The number of carbonyl (C=O) groups excluding carboxylic acids is 3. The molecule has 6 nitrogen and oxygen atoms in total. The molecule has 0 saturated carbocycles. The average Bonchev–Trinajstić information content (AvgIpc) is 2.66. The molecule has 2 aromatic carbocycles. The Morgan fingerprint density at radius 3 is 2.70 bits per heavy atom. The van der Waals surface area contributed by atoms with Crippen LogP contribution in [0.5, 0.6) is 0 Å². The standard InChI is InChI=1S/C20H19FN2O4/c1-27-19(25)11-16(12-5-3-2-4-6-12)23-20(26)15-10-18(24)22-17-9-13(21)7-8-14(15)17/h2-9,15-16H,10-11H2,1H3,(H,22,24)(H,23,26)/t15-,16+/m0/s1. The van der Waals surface area contributed by atoms with Gasteiger partial charge in [-0.25, -0.2) is 4.39 Å². The smallest absolute Gasteiger partial charge is 0.307 e. The van der Waals surface area contributed by atoms with Crippen LogP contribution in [-0.2, 0) is 19.1 Å². The zero-order chi connectivity index (χ0) is 19.4. The summed E-state index contributed by atoms with van der Waals surface area (Å²) in [7, 11) is 1.28. The van der Waals surface area contributed by atoms with Crippen LogP contribution in [0.25, 0.3) is 0 Å². The third-order valence-corrected chi connectivity index (χ3v) is 4.49. The monoisotopic (exact) mass is 370 g/mol. The Kier molecular flexibility index (Phi) is 5.49. The minimum absolute atomic E-state index is 0.0402. The zero-order valence-electron chi connectivity index (χ0n) is 14.7. The fourth-order valence-corrected chi connectivity index (χ4v) is 3.13. The van der Waals surface area contributed by atoms with Crippen molar-refractivity contribution in [2.75, 3.05) is 12.4 Å². The molecule has 0 aromatic heterocycles. The molecule has 0 aliphatic carbocycles. The second-order valence-electron chi connectivity index (χ2n) is 6.29. The Labute approximate surface area is 155 Å². The SMILES string of the molecule is COC(=O)C[C@@H](NC(=O)[C@H]1CC(=O)Nc2cc(F)ccc21)c1ccccc1. The highest BCUT2D eigenvalue weighted by atomic mass is 19.1. The molecule has 2 aromatic rings. The third-order valence-electron chi connectivity index (χ3n) is 4.49. The number of hydrogen-bond acceptors (Lipinski definition) is 4. The molecule has 3 rings (SSSR count). The van der Waals surface area contributed by atoms with Crippen LogP contribution in [0.2, 0.25) is 0 Å². The number of halogens is 1. The van der Waals surface area contributed by atoms with Crippen LogP contribution >= 0.6 is 0 Å². The van der Waals surface area contributed by atoms with Crippen LogP contribution in [0.3, 0.4) is 0 Å². The van der Waals surface area contributed by atoms with Crippen LogP contribution in [0.4, 0.5) is 10.1 Å². The second kappa shape index (κ2) is 7.99. The lowest BCUT2D eigenvalue weighted by Crippen LogP contribution is -2.37. The molecule has 0 radical (unpaired) electrons. The van der Waals surface area contributed by atoms with Crippen LogP contribution in [0, 0.1) is 5.82 Å². The predicted molar refractivity (Wildman–Crippen MR) is 96.3 cm³/mol. The molecule has 0 saturated heterocycles. The lowest BCUT2D eigenvalue weighted by molar-refractivity contribution is -0.141. The molecule has 1 aliphatic heterocycles. The number of fused-ring (bicyclic) bond motifs is 1. The molecule has 2 atom stereocenters. The Hall–Kier alpha value is -3.22. The number of amides is 2. The molecule has 7 heteroatoms. The molecule has 27 heavy (non-hydrogen) atoms. The summed E-state index contributed by atoms with van der Waals surface area (Å²) >= 11 is 0. The van der Waals surface area contributed by atoms with Gasteiger partial charge in [-0.05, 0) is 23.3 Å². The first kappa shape index (κ1) is 18.6. The first-order valence-corrected chi connectivity index (χ1v) is 8.49. The van der Waals surface area contributed by atoms with E-state index in [4.69, 9.17) is 4.74 Å². The van der Waals surface area contributed by atoms with Crippen molar-refractivity contribution >= 4 is 23.5 Å². The van der Waals surface area contributed by atoms with Crippen molar-refractivity contribution in [3.63, 3.8) is 0 Å². The number of nitrogens with one attached hydrogen (secondary N) is 2. The fourth-order valence-electron chi connectivity index (χ4n) is 3.13. The van der Waals surface area contributed by atoms with Crippen LogP contribution in [-0.4, -0.2) is 24.9 Å². The van der Waals surface area contributed by atoms with E-state index in [1.54, 1.807) is 24.3 Å². The molecule has 140 valence electrons. The maximum Gasteiger partial charge on any atom is 0.307 e. The Bertz CT molecular complexity index is 870. The van der Waals surface area contributed by atoms with Crippen LogP contribution in [0.1, 0.15) is 35.9 Å². The first-order valence-electron chi connectivity index (χ1n) is 8.49. The normalized spacial score (nSPS) is 16.7. The summed E-state index contributed by atoms with van der Waals surface area (Å²) in [5, 5.41) is 5.41. The lowest BCUT2D eigenvalue weighted by atomic mass is 9.89. The average molecular weight is 370 g/mol. The van der Waals surface area contributed by atoms with Gasteiger partial charge in [0.15, 0.2) is 0 Å². The summed E-state index contributed by atoms with van der Waals surface area (Å²) in [4.78, 5) is 36.6. The van der Waals surface area contributed by atoms with Crippen LogP contribution < -0.4 is 10.6 Å². The fraction of sp³-hybridized carbons (Fsp3) is 0.250. The Morgan fingerprint density at radius 1 is 1.26 bits per heavy atom. The number of anilines is 1. The highest BCUT2D eigenvalue weighted by Gasteiger charge is 2.32. The van der Waals surface area contributed by atoms with Gasteiger partial charge in [0.2, 0.25) is 11.8 Å². The van der Waals surface area contributed by atoms with Gasteiger partial charge in [0.1, 0.15) is 5.82 Å². The van der Waals surface area contributed by atoms with Gasteiger partial charge in [0, 0.05) is 12.1 Å². The van der Waals surface area contributed by atoms with E-state index < -0.39 is 29.7 Å². The number of hydrogen-bond donors (Lipinski definition) is 2. The Balaban J connectivity index is 1.85. The van der Waals surface area contributed by atoms with Crippen molar-refractivity contribution < 1.29 is 23.5 Å². The van der Waals surface area contributed by atoms with Crippen LogP contribution in [0.15, 0.2) is 48.5 Å². The number of esters is 1. The van der Waals surface area contributed by atoms with Crippen molar-refractivity contribution in [2.24, 2.45) is 0 Å². The maximum atomic E-state index is 13.5. The van der Waals surface area contributed by atoms with E-state index in [0.717, 1.165) is 5.56 Å². The highest BCUT2D eigenvalue weighted by Crippen LogP contribution is 2.33. The van der Waals surface area contributed by atoms with E-state index in [1.165, 1.54) is 25.3 Å². The number of benzene rings is 2. The van der Waals surface area contributed by atoms with Gasteiger partial charge in [-0.1, -0.05) is 36.4 Å². The number of methoxy groups -OCH3 is 1. The van der Waals surface area contributed by atoms with E-state index >= 15 is 0 Å². The van der Waals surface area contributed by atoms with Crippen molar-refractivity contribution in [3.05, 3.63) is 65.5 Å². The van der Waals surface area contributed by atoms with E-state index in [-0.39, 0.29) is 24.4 Å². The second-order valence-corrected chi connectivity index (χ2v) is 6.29. The molecular weight excluding hydrogens is 351 g/mol. The van der Waals surface area contributed by atoms with Gasteiger partial charge >= 0.3 is 5.97 Å². The van der Waals surface area contributed by atoms with E-state index in [2.05, 4.69) is 10.6 Å². The number of ether oxygens (including phenoxy) is 1. The molecule has 0 bridgehead atoms. The summed E-state index contributed by atoms with van der Waals surface area (Å²) in [5.41, 5.74) is 1.57. The van der Waals surface area contributed by atoms with E-state index in [1.807, 2.05) is 6.07 Å². The summed E-state index contributed by atoms with van der Waals surface area (Å²) in [6.45, 7) is 0. The molecule has 1 heterocycles. The Morgan fingerprint density at radius 2 is 2.00 bits per heavy atom. The molecular formula is C20H19FN2O4. The van der Waals surface area contributed by atoms with Gasteiger partial charge < -0.3 is 15.4 Å². The molecule has 0 unspecified atom stereocenters. The first-order chi connectivity index (χ1) is 13.0. The maximum absolute atomic E-state index is 13.5. The summed E-state index contributed by atoms with van der Waals surface area (Å²) in [6.07, 6.45) is -0.0916. The van der Waals surface area contributed by atoms with Gasteiger partial charge in [0.05, 0.1) is 25.5 Å². The van der Waals surface area contributed by atoms with Gasteiger partial charge in [-0.2, -0.15) is 0 Å². The van der Waals surface area contributed by atoms with E-state index in [9.17, 15) is 18.8 Å². The predicted octanol–water partition coefficient (Wildman–Crippen LogP) is 2.67. The topological polar surface area (TPSA) is 84.5 Å². The quantitative estimate of drug-likeness (QED) is 0.793. The van der Waals surface area contributed by atoms with Gasteiger partial charge in [0.25, 0.3) is 0 Å². The molecule has 2 N–H and O–H groups in total. The summed E-state index contributed by atoms with van der Waals surface area (Å²) in [6, 6.07) is 12.4. The number of rotatable bonds is 5. The molecule has 1 aliphatic rings. The molecule has 0 spiro atoms. The van der Waals surface area contributed by atoms with Gasteiger partial charge in [-0.3, -0.25) is 14.4 Å². The van der Waals surface area contributed by atoms with Crippen molar-refractivity contribution in [1.29, 1.82) is 0 Å². The molecule has 0 fully saturated rings. The minimum Gasteiger partial charge on any atom is -0.469 e. The van der Waals surface area contributed by atoms with Crippen molar-refractivity contribution in [1.82, 2.24) is 5.32 Å². The van der Waals surface area contributed by atoms with Crippen molar-refractivity contribution in [2.45, 2.75) is 24.8 Å². The minimum atomic E-state index is -0.766. The molecule has 2 amide bonds. The largest absolute Gasteiger partial charge is 0.469 e. The van der Waals surface area contributed by atoms with Gasteiger partial charge in [-0.15, -0.1) is 0 Å². The summed E-state index contributed by atoms with van der Waals surface area (Å²) < 4.78 is 18.2. The number of carbonyl (C=O) groups is 3.